The second-order valence-corrected chi connectivity index (χ2v) is 3.33. The number of alkyl halides is 1. The summed E-state index contributed by atoms with van der Waals surface area (Å²) >= 11 is 0.911. The summed E-state index contributed by atoms with van der Waals surface area (Å²) in [6, 6.07) is 4.55. The van der Waals surface area contributed by atoms with Crippen LogP contribution in [0.1, 0.15) is 5.56 Å². The van der Waals surface area contributed by atoms with E-state index in [9.17, 15) is 17.6 Å². The normalized spacial score (nSPS) is 10.0. The van der Waals surface area contributed by atoms with E-state index < -0.39 is 17.9 Å². The van der Waals surface area contributed by atoms with Gasteiger partial charge in [-0.15, -0.1) is 0 Å². The Bertz CT molecular complexity index is 327. The molecule has 1 rings (SSSR count). The largest absolute Gasteiger partial charge is 0.306 e. The van der Waals surface area contributed by atoms with Crippen molar-refractivity contribution in [2.45, 2.75) is 4.90 Å². The van der Waals surface area contributed by atoms with E-state index in [-0.39, 0.29) is 5.56 Å². The molecule has 0 aliphatic rings. The van der Waals surface area contributed by atoms with Crippen molar-refractivity contribution in [1.82, 2.24) is 0 Å². The maximum atomic E-state index is 12.6. The van der Waals surface area contributed by atoms with Crippen LogP contribution in [0.25, 0.3) is 5.83 Å². The summed E-state index contributed by atoms with van der Waals surface area (Å²) in [7, 11) is 0. The number of benzene rings is 1. The van der Waals surface area contributed by atoms with Gasteiger partial charge in [0.15, 0.2) is 5.83 Å². The molecule has 5 heteroatoms. The maximum absolute atomic E-state index is 12.6. The lowest BCUT2D eigenvalue weighted by atomic mass is 10.2. The van der Waals surface area contributed by atoms with Crippen molar-refractivity contribution in [1.29, 1.82) is 0 Å². The average Bonchev–Trinajstić information content (AvgIpc) is 2.18. The zero-order chi connectivity index (χ0) is 10.6. The SMILES string of the molecule is FCSc1ccc(C(F)=C(F)F)cc1. The first-order valence-electron chi connectivity index (χ1n) is 3.65. The molecule has 0 radical (unpaired) electrons. The van der Waals surface area contributed by atoms with Crippen molar-refractivity contribution in [3.63, 3.8) is 0 Å². The molecule has 0 bridgehead atoms. The van der Waals surface area contributed by atoms with Crippen molar-refractivity contribution < 1.29 is 17.6 Å². The first kappa shape index (κ1) is 11.1. The third-order valence-electron chi connectivity index (χ3n) is 1.49. The summed E-state index contributed by atoms with van der Waals surface area (Å²) in [4.78, 5) is 0.573. The van der Waals surface area contributed by atoms with Gasteiger partial charge >= 0.3 is 6.08 Å². The van der Waals surface area contributed by atoms with Crippen molar-refractivity contribution in [2.24, 2.45) is 0 Å². The number of halogens is 4. The molecule has 0 aliphatic carbocycles. The summed E-state index contributed by atoms with van der Waals surface area (Å²) < 4.78 is 48.1. The van der Waals surface area contributed by atoms with Gasteiger partial charge in [0.05, 0.1) is 0 Å². The highest BCUT2D eigenvalue weighted by Crippen LogP contribution is 2.25. The molecule has 0 saturated heterocycles. The molecule has 0 fully saturated rings. The Balaban J connectivity index is 2.89. The third kappa shape index (κ3) is 2.77. The Labute approximate surface area is 82.6 Å². The van der Waals surface area contributed by atoms with Crippen molar-refractivity contribution in [2.75, 3.05) is 6.01 Å². The molecule has 0 aliphatic heterocycles. The highest BCUT2D eigenvalue weighted by molar-refractivity contribution is 7.99. The van der Waals surface area contributed by atoms with E-state index in [0.29, 0.717) is 4.90 Å². The molecule has 0 aromatic heterocycles. The van der Waals surface area contributed by atoms with Gasteiger partial charge in [0, 0.05) is 10.5 Å². The predicted molar refractivity (Wildman–Crippen MR) is 48.5 cm³/mol. The van der Waals surface area contributed by atoms with Crippen LogP contribution in [-0.2, 0) is 0 Å². The quantitative estimate of drug-likeness (QED) is 0.544. The smallest absolute Gasteiger partial charge is 0.239 e. The Kier molecular flexibility index (Phi) is 4.00. The van der Waals surface area contributed by atoms with Crippen LogP contribution in [0.3, 0.4) is 0 Å². The molecule has 76 valence electrons. The van der Waals surface area contributed by atoms with Crippen LogP contribution in [0.15, 0.2) is 35.2 Å². The standard InChI is InChI=1S/C9H6F4S/c10-5-14-7-3-1-6(2-4-7)8(11)9(12)13/h1-4H,5H2. The van der Waals surface area contributed by atoms with Crippen LogP contribution >= 0.6 is 11.8 Å². The minimum atomic E-state index is -2.35. The summed E-state index contributed by atoms with van der Waals surface area (Å²) in [5.74, 6) is -1.54. The summed E-state index contributed by atoms with van der Waals surface area (Å²) in [6.45, 7) is 0. The van der Waals surface area contributed by atoms with Crippen molar-refractivity contribution in [3.8, 4) is 0 Å². The molecule has 1 aromatic rings. The molecule has 1 aromatic carbocycles. The van der Waals surface area contributed by atoms with Gasteiger partial charge in [-0.25, -0.2) is 8.78 Å². The van der Waals surface area contributed by atoms with E-state index in [1.54, 1.807) is 0 Å². The Morgan fingerprint density at radius 1 is 1.07 bits per heavy atom. The highest BCUT2D eigenvalue weighted by atomic mass is 32.2. The Morgan fingerprint density at radius 2 is 1.64 bits per heavy atom. The summed E-state index contributed by atoms with van der Waals surface area (Å²) in [5, 5.41) is 0. The van der Waals surface area contributed by atoms with E-state index in [0.717, 1.165) is 11.8 Å². The van der Waals surface area contributed by atoms with Crippen LogP contribution in [0.4, 0.5) is 17.6 Å². The molecule has 0 saturated carbocycles. The fourth-order valence-electron chi connectivity index (χ4n) is 0.870. The lowest BCUT2D eigenvalue weighted by molar-refractivity contribution is 0.410. The van der Waals surface area contributed by atoms with Crippen LogP contribution in [0, 0.1) is 0 Å². The van der Waals surface area contributed by atoms with E-state index in [4.69, 9.17) is 0 Å². The van der Waals surface area contributed by atoms with Crippen LogP contribution in [0.2, 0.25) is 0 Å². The lowest BCUT2D eigenvalue weighted by Crippen LogP contribution is -1.80. The van der Waals surface area contributed by atoms with Crippen molar-refractivity contribution in [3.05, 3.63) is 35.9 Å². The van der Waals surface area contributed by atoms with Crippen molar-refractivity contribution >= 4 is 17.6 Å². The maximum Gasteiger partial charge on any atom is 0.306 e. The van der Waals surface area contributed by atoms with E-state index in [1.807, 2.05) is 0 Å². The van der Waals surface area contributed by atoms with E-state index in [1.165, 1.54) is 24.3 Å². The zero-order valence-corrected chi connectivity index (χ0v) is 7.75. The first-order valence-corrected chi connectivity index (χ1v) is 4.63. The number of hydrogen-bond acceptors (Lipinski definition) is 1. The molecule has 14 heavy (non-hydrogen) atoms. The van der Waals surface area contributed by atoms with E-state index >= 15 is 0 Å². The summed E-state index contributed by atoms with van der Waals surface area (Å²) in [6.07, 6.45) is -2.35. The lowest BCUT2D eigenvalue weighted by Gasteiger charge is -1.99. The Hall–Kier alpha value is -0.970. The topological polar surface area (TPSA) is 0 Å². The fraction of sp³-hybridized carbons (Fsp3) is 0.111. The fourth-order valence-corrected chi connectivity index (χ4v) is 1.32. The van der Waals surface area contributed by atoms with Gasteiger partial charge in [-0.05, 0) is 12.1 Å². The molecular formula is C9H6F4S. The summed E-state index contributed by atoms with van der Waals surface area (Å²) in [5.41, 5.74) is -0.201. The zero-order valence-electron chi connectivity index (χ0n) is 6.94. The van der Waals surface area contributed by atoms with Gasteiger partial charge in [0.1, 0.15) is 6.01 Å². The minimum Gasteiger partial charge on any atom is -0.239 e. The third-order valence-corrected chi connectivity index (χ3v) is 2.21. The van der Waals surface area contributed by atoms with Crippen LogP contribution < -0.4 is 0 Å². The molecule has 0 heterocycles. The van der Waals surface area contributed by atoms with Gasteiger partial charge in [0.2, 0.25) is 0 Å². The van der Waals surface area contributed by atoms with Gasteiger partial charge in [0.25, 0.3) is 0 Å². The highest BCUT2D eigenvalue weighted by Gasteiger charge is 2.07. The predicted octanol–water partition coefficient (Wildman–Crippen LogP) is 4.24. The molecule has 0 nitrogen and oxygen atoms in total. The van der Waals surface area contributed by atoms with Crippen LogP contribution in [-0.4, -0.2) is 6.01 Å². The molecule has 0 N–H and O–H groups in total. The molecule has 0 unspecified atom stereocenters. The van der Waals surface area contributed by atoms with E-state index in [2.05, 4.69) is 0 Å². The monoisotopic (exact) mass is 222 g/mol. The first-order chi connectivity index (χ1) is 6.65. The van der Waals surface area contributed by atoms with Gasteiger partial charge < -0.3 is 0 Å². The second kappa shape index (κ2) is 5.05. The van der Waals surface area contributed by atoms with Gasteiger partial charge in [-0.2, -0.15) is 8.78 Å². The number of hydrogen-bond donors (Lipinski definition) is 0. The minimum absolute atomic E-state index is 0.201. The molecular weight excluding hydrogens is 216 g/mol. The van der Waals surface area contributed by atoms with Gasteiger partial charge in [-0.3, -0.25) is 0 Å². The second-order valence-electron chi connectivity index (χ2n) is 2.35. The molecule has 0 amide bonds. The number of rotatable bonds is 3. The van der Waals surface area contributed by atoms with Gasteiger partial charge in [-0.1, -0.05) is 23.9 Å². The average molecular weight is 222 g/mol. The number of thioether (sulfide) groups is 1. The van der Waals surface area contributed by atoms with Crippen LogP contribution in [0.5, 0.6) is 0 Å². The molecule has 0 spiro atoms. The Morgan fingerprint density at radius 3 is 2.07 bits per heavy atom. The molecule has 0 atom stereocenters.